The predicted molar refractivity (Wildman–Crippen MR) is 334 cm³/mol. The van der Waals surface area contributed by atoms with Gasteiger partial charge in [0.15, 0.2) is 0 Å². The van der Waals surface area contributed by atoms with E-state index in [0.29, 0.717) is 0 Å². The molecule has 0 radical (unpaired) electrons. The lowest BCUT2D eigenvalue weighted by Gasteiger charge is -2.46. The third-order valence-electron chi connectivity index (χ3n) is 19.7. The lowest BCUT2D eigenvalue weighted by Crippen LogP contribution is -2.61. The van der Waals surface area contributed by atoms with Crippen molar-refractivity contribution in [3.8, 4) is 16.8 Å². The summed E-state index contributed by atoms with van der Waals surface area (Å²) in [5.74, 6) is 0. The van der Waals surface area contributed by atoms with Crippen LogP contribution in [0.4, 0.5) is 28.4 Å². The van der Waals surface area contributed by atoms with Crippen LogP contribution in [0.15, 0.2) is 144 Å². The summed E-state index contributed by atoms with van der Waals surface area (Å²) in [5, 5.41) is 5.11. The first-order valence-electron chi connectivity index (χ1n) is 29.7. The largest absolute Gasteiger partial charge is 0.455 e. The smallest absolute Gasteiger partial charge is 0.333 e. The molecule has 0 atom stereocenters. The fraction of sp³-hybridized carbons (Fsp3) is 0.342. The lowest BCUT2D eigenvalue weighted by atomic mass is 9.43. The van der Waals surface area contributed by atoms with Crippen molar-refractivity contribution in [1.29, 1.82) is 0 Å². The van der Waals surface area contributed by atoms with Crippen LogP contribution < -0.4 is 20.6 Å². The van der Waals surface area contributed by atoms with Crippen LogP contribution in [-0.4, -0.2) is 11.4 Å². The summed E-state index contributed by atoms with van der Waals surface area (Å²) in [6.07, 6.45) is 11.4. The molecule has 2 aliphatic heterocycles. The first-order valence-corrected chi connectivity index (χ1v) is 29.7. The third-order valence-corrected chi connectivity index (χ3v) is 19.7. The molecule has 2 aromatic heterocycles. The van der Waals surface area contributed by atoms with E-state index in [9.17, 15) is 0 Å². The minimum atomic E-state index is -0.133. The molecule has 10 aromatic rings. The topological polar surface area (TPSA) is 24.6 Å². The van der Waals surface area contributed by atoms with Gasteiger partial charge in [0.25, 0.3) is 0 Å². The molecule has 0 bridgehead atoms. The molecular formula is C73H76BN3O. The number of aryl methyl sites for hydroxylation is 3. The van der Waals surface area contributed by atoms with Crippen molar-refractivity contribution in [3.05, 3.63) is 178 Å². The highest BCUT2D eigenvalue weighted by Crippen LogP contribution is 2.55. The highest BCUT2D eigenvalue weighted by Gasteiger charge is 2.48. The Labute approximate surface area is 463 Å². The first kappa shape index (κ1) is 49.3. The fourth-order valence-corrected chi connectivity index (χ4v) is 15.0. The zero-order valence-corrected chi connectivity index (χ0v) is 48.2. The van der Waals surface area contributed by atoms with Crippen LogP contribution in [-0.2, 0) is 34.5 Å². The van der Waals surface area contributed by atoms with Gasteiger partial charge in [-0.1, -0.05) is 137 Å². The number of hydrogen-bond donors (Lipinski definition) is 0. The number of nitrogens with zero attached hydrogens (tertiary/aromatic N) is 3. The predicted octanol–water partition coefficient (Wildman–Crippen LogP) is 19.1. The Balaban J connectivity index is 1.17. The van der Waals surface area contributed by atoms with Gasteiger partial charge in [0.1, 0.15) is 11.2 Å². The van der Waals surface area contributed by atoms with Gasteiger partial charge >= 0.3 is 6.85 Å². The van der Waals surface area contributed by atoms with E-state index in [1.54, 1.807) is 0 Å². The van der Waals surface area contributed by atoms with E-state index in [1.165, 1.54) is 130 Å². The standard InChI is InChI=1S/C73H76BN3O/c1-12-14-22-46-28-30-61-52(37-46)54-38-47(23-15-13-2)39-60-68(54)76(61)64-41-50(75(48-24-18-16-19-25-48)49-26-20-17-21-27-49)40-55-66-62(31-29-51-53-42-57-59(44-65(53)78-69(51)66)73(10,11)35-33-71(57,6)7)77(74(60)67(55)64)63-43-58-56(36-45(63)3)70(4,5)32-34-72(58,8)9/h16-21,24-31,36-44H,12-15,22-23,32-35H2,1-11H3. The molecule has 0 N–H and O–H groups in total. The van der Waals surface area contributed by atoms with Crippen LogP contribution in [0.25, 0.3) is 60.6 Å². The maximum Gasteiger partial charge on any atom is 0.333 e. The maximum absolute atomic E-state index is 7.64. The van der Waals surface area contributed by atoms with Crippen LogP contribution >= 0.6 is 0 Å². The molecule has 0 saturated heterocycles. The van der Waals surface area contributed by atoms with Crippen molar-refractivity contribution in [2.24, 2.45) is 0 Å². The minimum absolute atomic E-state index is 0.0212. The molecule has 0 fully saturated rings. The molecule has 14 rings (SSSR count). The second-order valence-corrected chi connectivity index (χ2v) is 26.7. The molecule has 0 unspecified atom stereocenters. The monoisotopic (exact) mass is 1020 g/mol. The number of fused-ring (bicyclic) bond motifs is 13. The van der Waals surface area contributed by atoms with Gasteiger partial charge in [0.2, 0.25) is 0 Å². The number of para-hydroxylation sites is 2. The Kier molecular flexibility index (Phi) is 11.1. The molecule has 4 heterocycles. The van der Waals surface area contributed by atoms with Crippen LogP contribution in [0.1, 0.15) is 160 Å². The summed E-state index contributed by atoms with van der Waals surface area (Å²) >= 11 is 0. The van der Waals surface area contributed by atoms with Gasteiger partial charge in [-0.3, -0.25) is 0 Å². The van der Waals surface area contributed by atoms with Crippen molar-refractivity contribution in [3.63, 3.8) is 0 Å². The molecule has 78 heavy (non-hydrogen) atoms. The summed E-state index contributed by atoms with van der Waals surface area (Å²) in [5.41, 5.74) is 27.0. The van der Waals surface area contributed by atoms with Crippen molar-refractivity contribution in [2.45, 2.75) is 162 Å². The Morgan fingerprint density at radius 2 is 1.10 bits per heavy atom. The molecule has 4 nitrogen and oxygen atoms in total. The average molecular weight is 1020 g/mol. The SMILES string of the molecule is CCCCc1ccc2c(c1)c1cc(CCCC)cc3c1n2-c1cc(N(c2ccccc2)c2ccccc2)cc2c1B3N(c1cc3c(cc1C)C(C)(C)CCC3(C)C)c1ccc3c(oc4cc5c(cc43)C(C)(C)CCC5(C)C)c1-2. The normalized spacial score (nSPS) is 17.1. The molecule has 0 spiro atoms. The molecule has 2 aliphatic carbocycles. The van der Waals surface area contributed by atoms with Gasteiger partial charge in [-0.05, 0) is 220 Å². The molecule has 5 heteroatoms. The number of unbranched alkanes of at least 4 members (excludes halogenated alkanes) is 2. The van der Waals surface area contributed by atoms with Gasteiger partial charge in [0, 0.05) is 61.2 Å². The Bertz CT molecular complexity index is 4050. The van der Waals surface area contributed by atoms with Gasteiger partial charge in [-0.2, -0.15) is 0 Å². The summed E-state index contributed by atoms with van der Waals surface area (Å²) in [4.78, 5) is 5.28. The summed E-state index contributed by atoms with van der Waals surface area (Å²) < 4.78 is 10.3. The van der Waals surface area contributed by atoms with Crippen molar-refractivity contribution in [1.82, 2.24) is 4.57 Å². The van der Waals surface area contributed by atoms with E-state index in [4.69, 9.17) is 4.42 Å². The van der Waals surface area contributed by atoms with E-state index >= 15 is 0 Å². The molecule has 0 saturated carbocycles. The number of hydrogen-bond acceptors (Lipinski definition) is 3. The quantitative estimate of drug-likeness (QED) is 0.128. The van der Waals surface area contributed by atoms with Crippen LogP contribution in [0.3, 0.4) is 0 Å². The number of benzene rings is 8. The average Bonchev–Trinajstić information content (AvgIpc) is 4.17. The molecule has 4 aliphatic rings. The maximum atomic E-state index is 7.64. The molecule has 8 aromatic carbocycles. The highest BCUT2D eigenvalue weighted by atomic mass is 16.3. The Hall–Kier alpha value is -6.98. The van der Waals surface area contributed by atoms with E-state index in [1.807, 2.05) is 0 Å². The van der Waals surface area contributed by atoms with Gasteiger partial charge in [-0.15, -0.1) is 0 Å². The first-order chi connectivity index (χ1) is 37.5. The van der Waals surface area contributed by atoms with E-state index in [0.717, 1.165) is 73.2 Å². The van der Waals surface area contributed by atoms with Gasteiger partial charge < -0.3 is 18.7 Å². The molecular weight excluding hydrogens is 946 g/mol. The van der Waals surface area contributed by atoms with Crippen molar-refractivity contribution < 1.29 is 4.42 Å². The molecule has 0 amide bonds. The number of anilines is 5. The zero-order valence-electron chi connectivity index (χ0n) is 48.2. The summed E-state index contributed by atoms with van der Waals surface area (Å²) in [6.45, 7) is 26.6. The van der Waals surface area contributed by atoms with E-state index < -0.39 is 0 Å². The highest BCUT2D eigenvalue weighted by molar-refractivity contribution is 6.93. The number of rotatable bonds is 10. The summed E-state index contributed by atoms with van der Waals surface area (Å²) in [7, 11) is 0. The van der Waals surface area contributed by atoms with E-state index in [2.05, 4.69) is 230 Å². The summed E-state index contributed by atoms with van der Waals surface area (Å²) in [6, 6.07) is 54.8. The Morgan fingerprint density at radius 1 is 0.513 bits per heavy atom. The minimum Gasteiger partial charge on any atom is -0.455 e. The zero-order chi connectivity index (χ0) is 53.8. The number of furan rings is 1. The third kappa shape index (κ3) is 7.31. The van der Waals surface area contributed by atoms with Crippen LogP contribution in [0.2, 0.25) is 0 Å². The van der Waals surface area contributed by atoms with Crippen LogP contribution in [0.5, 0.6) is 0 Å². The van der Waals surface area contributed by atoms with Crippen molar-refractivity contribution >= 4 is 90.0 Å². The number of aromatic nitrogens is 1. The van der Waals surface area contributed by atoms with Crippen LogP contribution in [0, 0.1) is 6.92 Å². The van der Waals surface area contributed by atoms with Crippen molar-refractivity contribution in [2.75, 3.05) is 9.71 Å². The molecule has 392 valence electrons. The second-order valence-electron chi connectivity index (χ2n) is 26.7. The Morgan fingerprint density at radius 3 is 1.74 bits per heavy atom. The van der Waals surface area contributed by atoms with E-state index in [-0.39, 0.29) is 28.5 Å². The second kappa shape index (κ2) is 17.5. The lowest BCUT2D eigenvalue weighted by molar-refractivity contribution is 0.332. The van der Waals surface area contributed by atoms with Gasteiger partial charge in [-0.25, -0.2) is 0 Å². The fourth-order valence-electron chi connectivity index (χ4n) is 15.0. The van der Waals surface area contributed by atoms with Gasteiger partial charge in [0.05, 0.1) is 11.0 Å².